The van der Waals surface area contributed by atoms with Gasteiger partial charge in [-0.15, -0.1) is 0 Å². The van der Waals surface area contributed by atoms with E-state index in [0.29, 0.717) is 23.7 Å². The Kier molecular flexibility index (Phi) is 6.20. The first kappa shape index (κ1) is 18.6. The number of hydrogen-bond donors (Lipinski definition) is 1. The number of carbonyl (C=O) groups excluding carboxylic acids is 1. The summed E-state index contributed by atoms with van der Waals surface area (Å²) in [7, 11) is 0. The predicted molar refractivity (Wildman–Crippen MR) is 92.5 cm³/mol. The number of nitriles is 1. The fourth-order valence-corrected chi connectivity index (χ4v) is 2.23. The summed E-state index contributed by atoms with van der Waals surface area (Å²) in [5.74, 6) is -0.235. The van der Waals surface area contributed by atoms with Crippen molar-refractivity contribution in [3.63, 3.8) is 0 Å². The number of nitrogens with zero attached hydrogens (tertiary/aromatic N) is 1. The Morgan fingerprint density at radius 2 is 2.08 bits per heavy atom. The molecule has 2 aromatic carbocycles. The molecule has 1 N–H and O–H groups in total. The quantitative estimate of drug-likeness (QED) is 0.837. The summed E-state index contributed by atoms with van der Waals surface area (Å²) in [6, 6.07) is 10.4. The molecule has 1 atom stereocenters. The monoisotopic (exact) mass is 362 g/mol. The van der Waals surface area contributed by atoms with Crippen LogP contribution in [-0.4, -0.2) is 18.6 Å². The molecule has 0 radical (unpaired) electrons. The van der Waals surface area contributed by atoms with Gasteiger partial charge in [0.2, 0.25) is 0 Å². The van der Waals surface area contributed by atoms with Crippen molar-refractivity contribution in [3.05, 3.63) is 52.8 Å². The van der Waals surface area contributed by atoms with Gasteiger partial charge in [-0.1, -0.05) is 11.6 Å². The maximum absolute atomic E-state index is 13.1. The Bertz CT molecular complexity index is 820. The molecule has 1 amide bonds. The lowest BCUT2D eigenvalue weighted by Gasteiger charge is -2.17. The molecule has 0 aromatic heterocycles. The number of carbonyl (C=O) groups is 1. The highest BCUT2D eigenvalue weighted by Gasteiger charge is 2.18. The first-order valence-electron chi connectivity index (χ1n) is 7.54. The first-order valence-corrected chi connectivity index (χ1v) is 7.92. The zero-order valence-electron chi connectivity index (χ0n) is 13.7. The molecule has 0 aliphatic rings. The molecular weight excluding hydrogens is 347 g/mol. The lowest BCUT2D eigenvalue weighted by atomic mass is 10.2. The highest BCUT2D eigenvalue weighted by atomic mass is 35.5. The maximum atomic E-state index is 13.1. The molecule has 0 fully saturated rings. The zero-order valence-corrected chi connectivity index (χ0v) is 14.4. The minimum absolute atomic E-state index is 0.0916. The third-order valence-electron chi connectivity index (χ3n) is 3.23. The van der Waals surface area contributed by atoms with Crippen LogP contribution < -0.4 is 14.8 Å². The van der Waals surface area contributed by atoms with Crippen LogP contribution in [0.2, 0.25) is 5.02 Å². The van der Waals surface area contributed by atoms with Crippen molar-refractivity contribution in [1.82, 2.24) is 0 Å². The van der Waals surface area contributed by atoms with Crippen LogP contribution in [0.3, 0.4) is 0 Å². The molecule has 0 saturated carbocycles. The van der Waals surface area contributed by atoms with Gasteiger partial charge in [-0.2, -0.15) is 5.26 Å². The van der Waals surface area contributed by atoms with Crippen LogP contribution in [0.4, 0.5) is 10.1 Å². The average molecular weight is 363 g/mol. The standard InChI is InChI=1S/C18H16ClFN2O3/c1-3-24-17-8-12(10-21)4-7-16(17)25-11(2)18(23)22-15-6-5-13(20)9-14(15)19/h4-9,11H,3H2,1-2H3,(H,22,23)/t11-/m1/s1. The number of ether oxygens (including phenoxy) is 2. The molecule has 7 heteroatoms. The van der Waals surface area contributed by atoms with Gasteiger partial charge in [0.1, 0.15) is 5.82 Å². The Morgan fingerprint density at radius 3 is 2.72 bits per heavy atom. The maximum Gasteiger partial charge on any atom is 0.265 e. The number of rotatable bonds is 6. The summed E-state index contributed by atoms with van der Waals surface area (Å²) in [4.78, 5) is 12.3. The highest BCUT2D eigenvalue weighted by Crippen LogP contribution is 2.29. The molecule has 0 heterocycles. The summed E-state index contributed by atoms with van der Waals surface area (Å²) in [5.41, 5.74) is 0.708. The van der Waals surface area contributed by atoms with Crippen molar-refractivity contribution >= 4 is 23.2 Å². The number of halogens is 2. The van der Waals surface area contributed by atoms with E-state index in [1.54, 1.807) is 32.0 Å². The zero-order chi connectivity index (χ0) is 18.4. The van der Waals surface area contributed by atoms with Gasteiger partial charge in [0.25, 0.3) is 5.91 Å². The van der Waals surface area contributed by atoms with Crippen LogP contribution in [0.15, 0.2) is 36.4 Å². The summed E-state index contributed by atoms with van der Waals surface area (Å²) in [6.45, 7) is 3.74. The van der Waals surface area contributed by atoms with E-state index in [0.717, 1.165) is 6.07 Å². The van der Waals surface area contributed by atoms with Crippen LogP contribution in [0, 0.1) is 17.1 Å². The molecular formula is C18H16ClFN2O3. The fourth-order valence-electron chi connectivity index (χ4n) is 2.01. The van der Waals surface area contributed by atoms with Gasteiger partial charge in [-0.25, -0.2) is 4.39 Å². The van der Waals surface area contributed by atoms with Crippen LogP contribution in [0.25, 0.3) is 0 Å². The van der Waals surface area contributed by atoms with Gasteiger partial charge < -0.3 is 14.8 Å². The molecule has 5 nitrogen and oxygen atoms in total. The second-order valence-corrected chi connectivity index (χ2v) is 5.49. The molecule has 0 aliphatic heterocycles. The highest BCUT2D eigenvalue weighted by molar-refractivity contribution is 6.33. The second kappa shape index (κ2) is 8.36. The summed E-state index contributed by atoms with van der Waals surface area (Å²) < 4.78 is 24.1. The number of hydrogen-bond acceptors (Lipinski definition) is 4. The summed E-state index contributed by atoms with van der Waals surface area (Å²) in [6.07, 6.45) is -0.867. The van der Waals surface area contributed by atoms with E-state index in [9.17, 15) is 9.18 Å². The third-order valence-corrected chi connectivity index (χ3v) is 3.55. The average Bonchev–Trinajstić information content (AvgIpc) is 2.59. The molecule has 0 saturated heterocycles. The van der Waals surface area contributed by atoms with Crippen LogP contribution in [0.5, 0.6) is 11.5 Å². The number of nitrogens with one attached hydrogen (secondary N) is 1. The summed E-state index contributed by atoms with van der Waals surface area (Å²) in [5, 5.41) is 11.6. The van der Waals surface area contributed by atoms with Gasteiger partial charge in [0.15, 0.2) is 17.6 Å². The molecule has 0 bridgehead atoms. The molecule has 25 heavy (non-hydrogen) atoms. The van der Waals surface area contributed by atoms with Crippen LogP contribution >= 0.6 is 11.6 Å². The van der Waals surface area contributed by atoms with E-state index < -0.39 is 17.8 Å². The van der Waals surface area contributed by atoms with Gasteiger partial charge >= 0.3 is 0 Å². The molecule has 2 aromatic rings. The van der Waals surface area contributed by atoms with E-state index in [2.05, 4.69) is 5.32 Å². The fraction of sp³-hybridized carbons (Fsp3) is 0.222. The summed E-state index contributed by atoms with van der Waals surface area (Å²) >= 11 is 5.89. The Balaban J connectivity index is 2.12. The van der Waals surface area contributed by atoms with E-state index in [1.807, 2.05) is 6.07 Å². The van der Waals surface area contributed by atoms with Gasteiger partial charge in [-0.05, 0) is 44.2 Å². The Morgan fingerprint density at radius 1 is 1.32 bits per heavy atom. The Hall–Kier alpha value is -2.78. The number of anilines is 1. The minimum Gasteiger partial charge on any atom is -0.490 e. The minimum atomic E-state index is -0.867. The van der Waals surface area contributed by atoms with Gasteiger partial charge in [0, 0.05) is 6.07 Å². The van der Waals surface area contributed by atoms with Crippen molar-refractivity contribution in [2.24, 2.45) is 0 Å². The van der Waals surface area contributed by atoms with Crippen molar-refractivity contribution in [3.8, 4) is 17.6 Å². The normalized spacial score (nSPS) is 11.3. The topological polar surface area (TPSA) is 71.3 Å². The van der Waals surface area contributed by atoms with Crippen LogP contribution in [0.1, 0.15) is 19.4 Å². The molecule has 0 spiro atoms. The van der Waals surface area contributed by atoms with E-state index in [4.69, 9.17) is 26.3 Å². The largest absolute Gasteiger partial charge is 0.490 e. The lowest BCUT2D eigenvalue weighted by Crippen LogP contribution is -2.30. The van der Waals surface area contributed by atoms with E-state index >= 15 is 0 Å². The van der Waals surface area contributed by atoms with E-state index in [1.165, 1.54) is 12.1 Å². The van der Waals surface area contributed by atoms with E-state index in [-0.39, 0.29) is 10.7 Å². The number of amides is 1. The molecule has 130 valence electrons. The molecule has 2 rings (SSSR count). The van der Waals surface area contributed by atoms with Gasteiger partial charge in [0.05, 0.1) is 28.9 Å². The van der Waals surface area contributed by atoms with Crippen molar-refractivity contribution in [2.75, 3.05) is 11.9 Å². The van der Waals surface area contributed by atoms with Crippen molar-refractivity contribution in [1.29, 1.82) is 5.26 Å². The SMILES string of the molecule is CCOc1cc(C#N)ccc1O[C@H](C)C(=O)Nc1ccc(F)cc1Cl. The smallest absolute Gasteiger partial charge is 0.265 e. The molecule has 0 unspecified atom stereocenters. The molecule has 0 aliphatic carbocycles. The first-order chi connectivity index (χ1) is 11.9. The predicted octanol–water partition coefficient (Wildman–Crippen LogP) is 4.16. The van der Waals surface area contributed by atoms with Crippen LogP contribution in [-0.2, 0) is 4.79 Å². The van der Waals surface area contributed by atoms with Gasteiger partial charge in [-0.3, -0.25) is 4.79 Å². The van der Waals surface area contributed by atoms with Crippen molar-refractivity contribution < 1.29 is 18.7 Å². The number of benzene rings is 2. The third kappa shape index (κ3) is 4.85. The second-order valence-electron chi connectivity index (χ2n) is 5.08. The lowest BCUT2D eigenvalue weighted by molar-refractivity contribution is -0.122. The Labute approximate surface area is 149 Å². The van der Waals surface area contributed by atoms with Crippen molar-refractivity contribution in [2.45, 2.75) is 20.0 Å².